The van der Waals surface area contributed by atoms with Crippen molar-refractivity contribution < 1.29 is 5.11 Å². The molecule has 1 unspecified atom stereocenters. The van der Waals surface area contributed by atoms with Crippen LogP contribution < -0.4 is 0 Å². The fraction of sp³-hybridized carbons (Fsp3) is 0.455. The number of nitrogens with zero attached hydrogens (tertiary/aromatic N) is 3. The van der Waals surface area contributed by atoms with Crippen molar-refractivity contribution in [2.45, 2.75) is 32.4 Å². The molecule has 2 aromatic heterocycles. The molecule has 2 heterocycles. The largest absolute Gasteiger partial charge is 0.387 e. The zero-order valence-electron chi connectivity index (χ0n) is 9.81. The molecule has 0 aliphatic carbocycles. The van der Waals surface area contributed by atoms with Gasteiger partial charge < -0.3 is 5.11 Å². The second-order valence-corrected chi connectivity index (χ2v) is 6.43. The Hall–Kier alpha value is -0.430. The van der Waals surface area contributed by atoms with Crippen LogP contribution in [0.1, 0.15) is 30.2 Å². The molecule has 0 aliphatic rings. The third-order valence-corrected chi connectivity index (χ3v) is 5.08. The number of aliphatic hydroxyl groups excluding tert-OH is 1. The molecule has 2 aromatic rings. The number of hydrogen-bond donors (Lipinski definition) is 1. The third kappa shape index (κ3) is 3.12. The maximum Gasteiger partial charge on any atom is 0.138 e. The van der Waals surface area contributed by atoms with Crippen LogP contribution >= 0.6 is 38.9 Å². The van der Waals surface area contributed by atoms with Crippen molar-refractivity contribution in [2.24, 2.45) is 0 Å². The first kappa shape index (κ1) is 14.0. The molecule has 0 spiro atoms. The molecule has 0 saturated heterocycles. The van der Waals surface area contributed by atoms with Gasteiger partial charge in [0.2, 0.25) is 0 Å². The van der Waals surface area contributed by atoms with E-state index in [2.05, 4.69) is 32.9 Å². The van der Waals surface area contributed by atoms with Crippen molar-refractivity contribution in [3.05, 3.63) is 31.9 Å². The van der Waals surface area contributed by atoms with Crippen molar-refractivity contribution in [1.82, 2.24) is 14.8 Å². The lowest BCUT2D eigenvalue weighted by atomic mass is 10.2. The molecule has 2 rings (SSSR count). The van der Waals surface area contributed by atoms with Gasteiger partial charge in [0.1, 0.15) is 16.5 Å². The van der Waals surface area contributed by atoms with Gasteiger partial charge in [-0.3, -0.25) is 4.68 Å². The quantitative estimate of drug-likeness (QED) is 0.898. The summed E-state index contributed by atoms with van der Waals surface area (Å²) in [6.07, 6.45) is 2.36. The zero-order chi connectivity index (χ0) is 13.1. The summed E-state index contributed by atoms with van der Waals surface area (Å²) in [6.45, 7) is 2.90. The summed E-state index contributed by atoms with van der Waals surface area (Å²) < 4.78 is 3.30. The van der Waals surface area contributed by atoms with E-state index < -0.39 is 6.10 Å². The molecule has 98 valence electrons. The smallest absolute Gasteiger partial charge is 0.138 e. The van der Waals surface area contributed by atoms with E-state index in [4.69, 9.17) is 11.6 Å². The van der Waals surface area contributed by atoms with E-state index in [-0.39, 0.29) is 0 Å². The molecule has 0 saturated carbocycles. The van der Waals surface area contributed by atoms with Crippen molar-refractivity contribution in [3.8, 4) is 0 Å². The Balaban J connectivity index is 2.10. The van der Waals surface area contributed by atoms with Crippen molar-refractivity contribution in [1.29, 1.82) is 0 Å². The van der Waals surface area contributed by atoms with E-state index >= 15 is 0 Å². The number of halogens is 2. The molecule has 18 heavy (non-hydrogen) atoms. The lowest BCUT2D eigenvalue weighted by molar-refractivity contribution is 0.177. The minimum Gasteiger partial charge on any atom is -0.387 e. The monoisotopic (exact) mass is 349 g/mol. The summed E-state index contributed by atoms with van der Waals surface area (Å²) in [5.74, 6) is 0.796. The second-order valence-electron chi connectivity index (χ2n) is 3.89. The topological polar surface area (TPSA) is 50.9 Å². The van der Waals surface area contributed by atoms with E-state index in [0.29, 0.717) is 10.8 Å². The molecule has 1 atom stereocenters. The van der Waals surface area contributed by atoms with Gasteiger partial charge in [-0.1, -0.05) is 18.5 Å². The number of aromatic nitrogens is 3. The lowest BCUT2D eigenvalue weighted by Crippen LogP contribution is -2.09. The van der Waals surface area contributed by atoms with Gasteiger partial charge in [-0.2, -0.15) is 5.10 Å². The van der Waals surface area contributed by atoms with Gasteiger partial charge in [0.05, 0.1) is 6.10 Å². The fourth-order valence-electron chi connectivity index (χ4n) is 1.65. The minimum atomic E-state index is -0.599. The summed E-state index contributed by atoms with van der Waals surface area (Å²) >= 11 is 10.7. The van der Waals surface area contributed by atoms with Gasteiger partial charge in [0, 0.05) is 22.3 Å². The van der Waals surface area contributed by atoms with E-state index in [1.54, 1.807) is 0 Å². The molecule has 0 aromatic carbocycles. The van der Waals surface area contributed by atoms with E-state index in [1.807, 2.05) is 10.7 Å². The highest BCUT2D eigenvalue weighted by molar-refractivity contribution is 9.10. The Kier molecular flexibility index (Phi) is 4.77. The van der Waals surface area contributed by atoms with Crippen LogP contribution in [-0.4, -0.2) is 19.9 Å². The molecule has 4 nitrogen and oxygen atoms in total. The standard InChI is InChI=1S/C11H13BrClN3OS/c1-2-3-16-10(14-6-15-16)5-8(17)9-4-7(12)11(13)18-9/h4,6,8,17H,2-3,5H2,1H3. The maximum absolute atomic E-state index is 10.2. The summed E-state index contributed by atoms with van der Waals surface area (Å²) in [7, 11) is 0. The van der Waals surface area contributed by atoms with E-state index in [1.165, 1.54) is 17.7 Å². The van der Waals surface area contributed by atoms with Crippen LogP contribution in [-0.2, 0) is 13.0 Å². The second kappa shape index (κ2) is 6.14. The summed E-state index contributed by atoms with van der Waals surface area (Å²) in [5.41, 5.74) is 0. The highest BCUT2D eigenvalue weighted by Gasteiger charge is 2.16. The Morgan fingerprint density at radius 2 is 2.39 bits per heavy atom. The average Bonchev–Trinajstić information content (AvgIpc) is 2.88. The lowest BCUT2D eigenvalue weighted by Gasteiger charge is -2.09. The van der Waals surface area contributed by atoms with Gasteiger partial charge in [-0.15, -0.1) is 11.3 Å². The predicted octanol–water partition coefficient (Wildman–Crippen LogP) is 3.44. The number of aliphatic hydroxyl groups is 1. The van der Waals surface area contributed by atoms with Gasteiger partial charge in [0.25, 0.3) is 0 Å². The maximum atomic E-state index is 10.2. The number of thiophene rings is 1. The van der Waals surface area contributed by atoms with Crippen molar-refractivity contribution in [3.63, 3.8) is 0 Å². The Morgan fingerprint density at radius 1 is 1.61 bits per heavy atom. The normalized spacial score (nSPS) is 12.9. The van der Waals surface area contributed by atoms with Crippen LogP contribution in [0.4, 0.5) is 0 Å². The molecule has 0 bridgehead atoms. The zero-order valence-corrected chi connectivity index (χ0v) is 13.0. The number of rotatable bonds is 5. The Labute approximate surface area is 123 Å². The molecule has 0 radical (unpaired) electrons. The van der Waals surface area contributed by atoms with Crippen LogP contribution in [0.3, 0.4) is 0 Å². The first-order valence-corrected chi connectivity index (χ1v) is 7.60. The van der Waals surface area contributed by atoms with Crippen LogP contribution in [0.25, 0.3) is 0 Å². The summed E-state index contributed by atoms with van der Waals surface area (Å²) in [5, 5.41) is 14.3. The van der Waals surface area contributed by atoms with Crippen LogP contribution in [0, 0.1) is 0 Å². The van der Waals surface area contributed by atoms with E-state index in [9.17, 15) is 5.11 Å². The molecule has 7 heteroatoms. The molecule has 0 aliphatic heterocycles. The minimum absolute atomic E-state index is 0.448. The highest BCUT2D eigenvalue weighted by Crippen LogP contribution is 2.35. The summed E-state index contributed by atoms with van der Waals surface area (Å²) in [4.78, 5) is 5.01. The summed E-state index contributed by atoms with van der Waals surface area (Å²) in [6, 6.07) is 1.85. The third-order valence-electron chi connectivity index (χ3n) is 2.50. The molecular formula is C11H13BrClN3OS. The molecule has 1 N–H and O–H groups in total. The van der Waals surface area contributed by atoms with Crippen LogP contribution in [0.2, 0.25) is 4.34 Å². The average molecular weight is 351 g/mol. The van der Waals surface area contributed by atoms with Gasteiger partial charge in [0.15, 0.2) is 0 Å². The first-order valence-electron chi connectivity index (χ1n) is 5.61. The van der Waals surface area contributed by atoms with Crippen LogP contribution in [0.15, 0.2) is 16.9 Å². The Morgan fingerprint density at radius 3 is 3.00 bits per heavy atom. The number of aryl methyl sites for hydroxylation is 1. The van der Waals surface area contributed by atoms with Crippen molar-refractivity contribution >= 4 is 38.9 Å². The predicted molar refractivity (Wildman–Crippen MR) is 76.0 cm³/mol. The van der Waals surface area contributed by atoms with Crippen molar-refractivity contribution in [2.75, 3.05) is 0 Å². The molecule has 0 fully saturated rings. The first-order chi connectivity index (χ1) is 8.61. The highest BCUT2D eigenvalue weighted by atomic mass is 79.9. The van der Waals surface area contributed by atoms with Gasteiger partial charge in [-0.25, -0.2) is 4.98 Å². The fourth-order valence-corrected chi connectivity index (χ4v) is 3.37. The van der Waals surface area contributed by atoms with E-state index in [0.717, 1.165) is 28.1 Å². The van der Waals surface area contributed by atoms with Crippen LogP contribution in [0.5, 0.6) is 0 Å². The van der Waals surface area contributed by atoms with Gasteiger partial charge in [-0.05, 0) is 28.4 Å². The number of hydrogen-bond acceptors (Lipinski definition) is 4. The SMILES string of the molecule is CCCn1ncnc1CC(O)c1cc(Br)c(Cl)s1. The molecular weight excluding hydrogens is 338 g/mol. The Bertz CT molecular complexity index is 509. The molecule has 0 amide bonds. The van der Waals surface area contributed by atoms with Gasteiger partial charge >= 0.3 is 0 Å².